The second kappa shape index (κ2) is 14.2. The predicted octanol–water partition coefficient (Wildman–Crippen LogP) is 1.37. The molecule has 9 nitrogen and oxygen atoms in total. The molecule has 158 valence electrons. The molecule has 0 aromatic carbocycles. The molecule has 0 radical (unpaired) electrons. The minimum atomic E-state index is 0.227. The van der Waals surface area contributed by atoms with Gasteiger partial charge in [0.25, 0.3) is 0 Å². The van der Waals surface area contributed by atoms with Crippen molar-refractivity contribution < 1.29 is 0 Å². The van der Waals surface area contributed by atoms with Crippen molar-refractivity contribution >= 4 is 17.8 Å². The third-order valence-electron chi connectivity index (χ3n) is 4.10. The lowest BCUT2D eigenvalue weighted by Crippen LogP contribution is -2.33. The van der Waals surface area contributed by atoms with Crippen molar-refractivity contribution in [3.05, 3.63) is 23.3 Å². The number of hydrazone groups is 1. The molecule has 0 saturated heterocycles. The first-order valence-electron chi connectivity index (χ1n) is 9.75. The summed E-state index contributed by atoms with van der Waals surface area (Å²) in [5.74, 6) is 3.19. The van der Waals surface area contributed by atoms with Gasteiger partial charge in [-0.1, -0.05) is 25.0 Å². The van der Waals surface area contributed by atoms with Crippen molar-refractivity contribution in [2.75, 3.05) is 46.3 Å². The highest BCUT2D eigenvalue weighted by Gasteiger charge is 2.11. The highest BCUT2D eigenvalue weighted by molar-refractivity contribution is 6.36. The van der Waals surface area contributed by atoms with Crippen LogP contribution in [0.2, 0.25) is 0 Å². The summed E-state index contributed by atoms with van der Waals surface area (Å²) in [5, 5.41) is 25.9. The minimum absolute atomic E-state index is 0.227. The average molecular weight is 400 g/mol. The van der Waals surface area contributed by atoms with Crippen LogP contribution in [-0.4, -0.2) is 69.0 Å². The Morgan fingerprint density at radius 1 is 1.52 bits per heavy atom. The van der Waals surface area contributed by atoms with E-state index in [1.807, 2.05) is 6.92 Å². The maximum absolute atomic E-state index is 7.77. The van der Waals surface area contributed by atoms with E-state index in [1.54, 1.807) is 6.21 Å². The van der Waals surface area contributed by atoms with Gasteiger partial charge in [-0.3, -0.25) is 5.41 Å². The molecule has 0 aliphatic carbocycles. The zero-order valence-corrected chi connectivity index (χ0v) is 17.6. The minimum Gasteiger partial charge on any atom is -0.382 e. The number of nitrogens with one attached hydrogen (secondary N) is 3. The SMILES string of the molecule is C#CCN=N/N=C(\N)C1=CC(C)CNC1.CCN/N=C\C(=N)C1=CCCN(C)C1. The standard InChI is InChI=1S/C10H15N5.C10H18N4/c1-3-4-13-15-14-10(11)9-5-8(2)6-12-7-9;1-3-12-13-7-10(11)9-5-4-6-14(2)8-9/h1,5,8,12H,4,6-7H2,2H3,(H2,11,13,14);5,7,11-12H,3-4,6,8H2,1-2H3/b;11-10?,13-7-. The lowest BCUT2D eigenvalue weighted by Gasteiger charge is -2.22. The number of hydrogen-bond donors (Lipinski definition) is 4. The molecule has 2 heterocycles. The zero-order valence-electron chi connectivity index (χ0n) is 17.6. The van der Waals surface area contributed by atoms with Crippen molar-refractivity contribution in [2.24, 2.45) is 32.2 Å². The van der Waals surface area contributed by atoms with Gasteiger partial charge < -0.3 is 21.4 Å². The molecule has 0 amide bonds. The Hall–Kier alpha value is -2.83. The molecular formula is C20H33N9. The molecule has 9 heteroatoms. The van der Waals surface area contributed by atoms with Gasteiger partial charge in [-0.15, -0.1) is 11.5 Å². The number of rotatable bonds is 7. The topological polar surface area (TPSA) is 127 Å². The maximum Gasteiger partial charge on any atom is 0.152 e. The highest BCUT2D eigenvalue weighted by Crippen LogP contribution is 2.08. The molecule has 1 unspecified atom stereocenters. The fourth-order valence-corrected chi connectivity index (χ4v) is 2.66. The summed E-state index contributed by atoms with van der Waals surface area (Å²) in [7, 11) is 2.07. The van der Waals surface area contributed by atoms with E-state index in [-0.39, 0.29) is 6.54 Å². The van der Waals surface area contributed by atoms with Gasteiger partial charge in [0.2, 0.25) is 0 Å². The van der Waals surface area contributed by atoms with Crippen LogP contribution in [0.25, 0.3) is 0 Å². The summed E-state index contributed by atoms with van der Waals surface area (Å²) >= 11 is 0. The monoisotopic (exact) mass is 399 g/mol. The summed E-state index contributed by atoms with van der Waals surface area (Å²) in [4.78, 5) is 2.21. The van der Waals surface area contributed by atoms with Crippen LogP contribution in [0.3, 0.4) is 0 Å². The Balaban J connectivity index is 0.000000291. The first-order valence-corrected chi connectivity index (χ1v) is 9.75. The van der Waals surface area contributed by atoms with Gasteiger partial charge in [0.1, 0.15) is 6.54 Å². The van der Waals surface area contributed by atoms with Crippen LogP contribution in [0.5, 0.6) is 0 Å². The molecule has 2 rings (SSSR count). The fraction of sp³-hybridized carbons (Fsp3) is 0.550. The zero-order chi connectivity index (χ0) is 21.5. The Kier molecular flexibility index (Phi) is 11.9. The predicted molar refractivity (Wildman–Crippen MR) is 120 cm³/mol. The molecule has 0 aromatic rings. The summed E-state index contributed by atoms with van der Waals surface area (Å²) < 4.78 is 0. The van der Waals surface area contributed by atoms with Gasteiger partial charge in [0.15, 0.2) is 5.84 Å². The van der Waals surface area contributed by atoms with Gasteiger partial charge in [0.05, 0.1) is 11.9 Å². The summed E-state index contributed by atoms with van der Waals surface area (Å²) in [6.45, 7) is 8.75. The Labute approximate surface area is 173 Å². The van der Waals surface area contributed by atoms with Crippen LogP contribution in [0.4, 0.5) is 0 Å². The van der Waals surface area contributed by atoms with E-state index in [2.05, 4.69) is 68.2 Å². The number of terminal acetylenes is 1. The molecule has 2 aliphatic rings. The van der Waals surface area contributed by atoms with Gasteiger partial charge in [-0.2, -0.15) is 10.2 Å². The van der Waals surface area contributed by atoms with Crippen LogP contribution >= 0.6 is 0 Å². The molecule has 29 heavy (non-hydrogen) atoms. The van der Waals surface area contributed by atoms with Crippen LogP contribution in [0, 0.1) is 23.7 Å². The van der Waals surface area contributed by atoms with E-state index in [4.69, 9.17) is 17.6 Å². The van der Waals surface area contributed by atoms with E-state index < -0.39 is 0 Å². The largest absolute Gasteiger partial charge is 0.382 e. The Bertz CT molecular complexity index is 710. The number of amidine groups is 1. The Morgan fingerprint density at radius 3 is 2.97 bits per heavy atom. The lowest BCUT2D eigenvalue weighted by atomic mass is 10.0. The second-order valence-electron chi connectivity index (χ2n) is 6.82. The highest BCUT2D eigenvalue weighted by atomic mass is 15.4. The first-order chi connectivity index (χ1) is 14.0. The van der Waals surface area contributed by atoms with Crippen molar-refractivity contribution in [3.63, 3.8) is 0 Å². The van der Waals surface area contributed by atoms with Crippen LogP contribution in [-0.2, 0) is 0 Å². The van der Waals surface area contributed by atoms with Crippen molar-refractivity contribution in [1.29, 1.82) is 5.41 Å². The molecule has 0 spiro atoms. The van der Waals surface area contributed by atoms with Gasteiger partial charge in [-0.05, 0) is 37.1 Å². The average Bonchev–Trinajstić information content (AvgIpc) is 2.71. The number of hydrogen-bond acceptors (Lipinski definition) is 7. The van der Waals surface area contributed by atoms with Gasteiger partial charge in [0, 0.05) is 38.3 Å². The third-order valence-corrected chi connectivity index (χ3v) is 4.10. The first kappa shape index (κ1) is 24.2. The molecule has 0 aromatic heterocycles. The number of nitrogens with two attached hydrogens (primary N) is 1. The van der Waals surface area contributed by atoms with E-state index in [9.17, 15) is 0 Å². The number of nitrogens with zero attached hydrogens (tertiary/aromatic N) is 5. The molecule has 2 aliphatic heterocycles. The molecule has 5 N–H and O–H groups in total. The van der Waals surface area contributed by atoms with Crippen LogP contribution in [0.1, 0.15) is 20.3 Å². The fourth-order valence-electron chi connectivity index (χ4n) is 2.66. The Morgan fingerprint density at radius 2 is 2.31 bits per heavy atom. The molecule has 1 atom stereocenters. The van der Waals surface area contributed by atoms with Crippen molar-refractivity contribution in [1.82, 2.24) is 15.6 Å². The maximum atomic E-state index is 7.77. The van der Waals surface area contributed by atoms with E-state index in [0.717, 1.165) is 50.3 Å². The van der Waals surface area contributed by atoms with E-state index in [0.29, 0.717) is 17.5 Å². The van der Waals surface area contributed by atoms with Crippen molar-refractivity contribution in [2.45, 2.75) is 20.3 Å². The van der Waals surface area contributed by atoms with Crippen LogP contribution < -0.4 is 16.5 Å². The summed E-state index contributed by atoms with van der Waals surface area (Å²) in [5.41, 5.74) is 11.1. The van der Waals surface area contributed by atoms with Gasteiger partial charge >= 0.3 is 0 Å². The van der Waals surface area contributed by atoms with E-state index >= 15 is 0 Å². The quantitative estimate of drug-likeness (QED) is 0.169. The number of likely N-dealkylation sites (N-methyl/N-ethyl adjacent to an activating group) is 1. The molecular weight excluding hydrogens is 366 g/mol. The van der Waals surface area contributed by atoms with Crippen molar-refractivity contribution in [3.8, 4) is 12.3 Å². The normalized spacial score (nSPS) is 20.5. The summed E-state index contributed by atoms with van der Waals surface area (Å²) in [6.07, 6.45) is 11.8. The molecule has 0 fully saturated rings. The van der Waals surface area contributed by atoms with Gasteiger partial charge in [-0.25, -0.2) is 0 Å². The summed E-state index contributed by atoms with van der Waals surface area (Å²) in [6, 6.07) is 0. The lowest BCUT2D eigenvalue weighted by molar-refractivity contribution is 0.360. The third kappa shape index (κ3) is 10.3. The molecule has 0 bridgehead atoms. The van der Waals surface area contributed by atoms with E-state index in [1.165, 1.54) is 0 Å². The smallest absolute Gasteiger partial charge is 0.152 e. The second-order valence-corrected chi connectivity index (χ2v) is 6.82. The molecule has 0 saturated carbocycles. The van der Waals surface area contributed by atoms with Crippen LogP contribution in [0.15, 0.2) is 43.8 Å².